The number of nitro groups is 1. The van der Waals surface area contributed by atoms with E-state index in [1.165, 1.54) is 12.1 Å². The highest BCUT2D eigenvalue weighted by atomic mass is 19.1. The van der Waals surface area contributed by atoms with Crippen LogP contribution >= 0.6 is 0 Å². The third-order valence-corrected chi connectivity index (χ3v) is 2.09. The second-order valence-corrected chi connectivity index (χ2v) is 3.34. The molecule has 0 aromatic heterocycles. The zero-order valence-electron chi connectivity index (χ0n) is 7.37. The number of halogens is 1. The summed E-state index contributed by atoms with van der Waals surface area (Å²) in [5.41, 5.74) is 0.135. The Bertz CT molecular complexity index is 377. The minimum Gasteiger partial charge on any atom is -0.382 e. The minimum atomic E-state index is -0.795. The third-order valence-electron chi connectivity index (χ3n) is 2.09. The van der Waals surface area contributed by atoms with E-state index < -0.39 is 16.4 Å². The number of rotatable bonds is 3. The molecule has 74 valence electrons. The van der Waals surface area contributed by atoms with Gasteiger partial charge in [0.15, 0.2) is 0 Å². The lowest BCUT2D eigenvalue weighted by Gasteiger charge is -2.03. The highest BCUT2D eigenvalue weighted by Crippen LogP contribution is 2.27. The molecule has 0 unspecified atom stereocenters. The van der Waals surface area contributed by atoms with Crippen molar-refractivity contribution >= 4 is 11.4 Å². The van der Waals surface area contributed by atoms with E-state index in [-0.39, 0.29) is 0 Å². The summed E-state index contributed by atoms with van der Waals surface area (Å²) >= 11 is 0. The number of nitrogens with zero attached hydrogens (tertiary/aromatic N) is 1. The average Bonchev–Trinajstić information content (AvgIpc) is 2.92. The molecule has 5 heteroatoms. The molecule has 1 fully saturated rings. The molecule has 2 rings (SSSR count). The summed E-state index contributed by atoms with van der Waals surface area (Å²) in [6.45, 7) is 0. The highest BCUT2D eigenvalue weighted by molar-refractivity contribution is 5.52. The number of nitrogens with one attached hydrogen (secondary N) is 1. The van der Waals surface area contributed by atoms with Crippen LogP contribution in [-0.2, 0) is 0 Å². The Hall–Kier alpha value is -1.65. The molecule has 4 nitrogen and oxygen atoms in total. The molecule has 0 bridgehead atoms. The Morgan fingerprint density at radius 1 is 1.50 bits per heavy atom. The first-order valence-corrected chi connectivity index (χ1v) is 4.37. The Morgan fingerprint density at radius 2 is 2.21 bits per heavy atom. The summed E-state index contributed by atoms with van der Waals surface area (Å²) < 4.78 is 12.9. The molecular formula is C9H9FN2O2. The standard InChI is InChI=1S/C9H9FN2O2/c10-8-4-3-7(11-6-1-2-6)5-9(8)12(13)14/h3-6,11H,1-2H2. The second kappa shape index (κ2) is 3.25. The van der Waals surface area contributed by atoms with Gasteiger partial charge in [0.05, 0.1) is 4.92 Å². The first kappa shape index (κ1) is 8.93. The van der Waals surface area contributed by atoms with E-state index in [1.54, 1.807) is 0 Å². The summed E-state index contributed by atoms with van der Waals surface area (Å²) in [4.78, 5) is 9.70. The van der Waals surface area contributed by atoms with Gasteiger partial charge in [0.1, 0.15) is 0 Å². The quantitative estimate of drug-likeness (QED) is 0.596. The van der Waals surface area contributed by atoms with Gasteiger partial charge in [-0.1, -0.05) is 0 Å². The van der Waals surface area contributed by atoms with Gasteiger partial charge in [0.2, 0.25) is 5.82 Å². The van der Waals surface area contributed by atoms with E-state index in [1.807, 2.05) is 0 Å². The molecule has 0 saturated heterocycles. The lowest BCUT2D eigenvalue weighted by molar-refractivity contribution is -0.387. The van der Waals surface area contributed by atoms with Gasteiger partial charge < -0.3 is 5.32 Å². The molecular weight excluding hydrogens is 187 g/mol. The van der Waals surface area contributed by atoms with E-state index in [9.17, 15) is 14.5 Å². The van der Waals surface area contributed by atoms with Crippen LogP contribution in [0.5, 0.6) is 0 Å². The minimum absolute atomic E-state index is 0.403. The zero-order chi connectivity index (χ0) is 10.1. The van der Waals surface area contributed by atoms with Gasteiger partial charge in [-0.3, -0.25) is 10.1 Å². The molecule has 0 spiro atoms. The molecule has 0 atom stereocenters. The molecule has 0 radical (unpaired) electrons. The van der Waals surface area contributed by atoms with E-state index in [0.29, 0.717) is 11.7 Å². The maximum atomic E-state index is 12.9. The van der Waals surface area contributed by atoms with Crippen molar-refractivity contribution < 1.29 is 9.31 Å². The molecule has 1 saturated carbocycles. The van der Waals surface area contributed by atoms with Gasteiger partial charge in [-0.15, -0.1) is 0 Å². The van der Waals surface area contributed by atoms with Crippen LogP contribution in [0.3, 0.4) is 0 Å². The fraction of sp³-hybridized carbons (Fsp3) is 0.333. The van der Waals surface area contributed by atoms with Crippen molar-refractivity contribution in [2.24, 2.45) is 0 Å². The van der Waals surface area contributed by atoms with Crippen molar-refractivity contribution in [3.8, 4) is 0 Å². The molecule has 1 aromatic carbocycles. The van der Waals surface area contributed by atoms with Crippen LogP contribution in [0, 0.1) is 15.9 Å². The number of hydrogen-bond donors (Lipinski definition) is 1. The van der Waals surface area contributed by atoms with E-state index >= 15 is 0 Å². The van der Waals surface area contributed by atoms with E-state index in [4.69, 9.17) is 0 Å². The summed E-state index contributed by atoms with van der Waals surface area (Å²) in [7, 11) is 0. The predicted octanol–water partition coefficient (Wildman–Crippen LogP) is 2.31. The molecule has 1 aromatic rings. The maximum absolute atomic E-state index is 12.9. The predicted molar refractivity (Wildman–Crippen MR) is 49.7 cm³/mol. The Balaban J connectivity index is 2.24. The van der Waals surface area contributed by atoms with Gasteiger partial charge in [-0.25, -0.2) is 0 Å². The van der Waals surface area contributed by atoms with Crippen LogP contribution in [0.25, 0.3) is 0 Å². The highest BCUT2D eigenvalue weighted by Gasteiger charge is 2.22. The Morgan fingerprint density at radius 3 is 2.79 bits per heavy atom. The molecule has 0 heterocycles. The molecule has 0 aliphatic heterocycles. The van der Waals surface area contributed by atoms with Crippen molar-refractivity contribution in [2.75, 3.05) is 5.32 Å². The fourth-order valence-corrected chi connectivity index (χ4v) is 1.21. The first-order valence-electron chi connectivity index (χ1n) is 4.37. The Kier molecular flexibility index (Phi) is 2.07. The van der Waals surface area contributed by atoms with Crippen LogP contribution in [0.2, 0.25) is 0 Å². The normalized spacial score (nSPS) is 15.2. The van der Waals surface area contributed by atoms with Crippen molar-refractivity contribution in [1.82, 2.24) is 0 Å². The van der Waals surface area contributed by atoms with Crippen LogP contribution in [0.1, 0.15) is 12.8 Å². The largest absolute Gasteiger partial charge is 0.382 e. The summed E-state index contributed by atoms with van der Waals surface area (Å²) in [5.74, 6) is -0.795. The fourth-order valence-electron chi connectivity index (χ4n) is 1.21. The molecule has 1 aliphatic rings. The smallest absolute Gasteiger partial charge is 0.306 e. The van der Waals surface area contributed by atoms with Gasteiger partial charge in [-0.05, 0) is 25.0 Å². The third kappa shape index (κ3) is 1.81. The molecule has 14 heavy (non-hydrogen) atoms. The summed E-state index contributed by atoms with van der Waals surface area (Å²) in [6.07, 6.45) is 2.15. The van der Waals surface area contributed by atoms with Crippen molar-refractivity contribution in [2.45, 2.75) is 18.9 Å². The number of anilines is 1. The van der Waals surface area contributed by atoms with Crippen LogP contribution in [0.15, 0.2) is 18.2 Å². The molecule has 1 aliphatic carbocycles. The number of nitro benzene ring substituents is 1. The van der Waals surface area contributed by atoms with Crippen LogP contribution < -0.4 is 5.32 Å². The van der Waals surface area contributed by atoms with Gasteiger partial charge >= 0.3 is 5.69 Å². The topological polar surface area (TPSA) is 55.2 Å². The van der Waals surface area contributed by atoms with Crippen molar-refractivity contribution in [3.63, 3.8) is 0 Å². The zero-order valence-corrected chi connectivity index (χ0v) is 7.37. The van der Waals surface area contributed by atoms with Crippen molar-refractivity contribution in [3.05, 3.63) is 34.1 Å². The second-order valence-electron chi connectivity index (χ2n) is 3.34. The van der Waals surface area contributed by atoms with E-state index in [2.05, 4.69) is 5.32 Å². The van der Waals surface area contributed by atoms with Crippen LogP contribution in [0.4, 0.5) is 15.8 Å². The Labute approximate surface area is 79.9 Å². The maximum Gasteiger partial charge on any atom is 0.306 e. The average molecular weight is 196 g/mol. The monoisotopic (exact) mass is 196 g/mol. The lowest BCUT2D eigenvalue weighted by Crippen LogP contribution is -2.02. The SMILES string of the molecule is O=[N+]([O-])c1cc(NC2CC2)ccc1F. The number of benzene rings is 1. The van der Waals surface area contributed by atoms with Crippen molar-refractivity contribution in [1.29, 1.82) is 0 Å². The van der Waals surface area contributed by atoms with Gasteiger partial charge in [0, 0.05) is 17.8 Å². The van der Waals surface area contributed by atoms with Gasteiger partial charge in [-0.2, -0.15) is 4.39 Å². The molecule has 1 N–H and O–H groups in total. The lowest BCUT2D eigenvalue weighted by atomic mass is 10.2. The number of hydrogen-bond acceptors (Lipinski definition) is 3. The van der Waals surface area contributed by atoms with Gasteiger partial charge in [0.25, 0.3) is 0 Å². The first-order chi connectivity index (χ1) is 6.66. The summed E-state index contributed by atoms with van der Waals surface area (Å²) in [6, 6.07) is 4.26. The molecule has 0 amide bonds. The van der Waals surface area contributed by atoms with E-state index in [0.717, 1.165) is 18.9 Å². The summed E-state index contributed by atoms with van der Waals surface area (Å²) in [5, 5.41) is 13.5. The van der Waals surface area contributed by atoms with Crippen LogP contribution in [-0.4, -0.2) is 11.0 Å².